The summed E-state index contributed by atoms with van der Waals surface area (Å²) in [5.41, 5.74) is 1.72. The third-order valence-corrected chi connectivity index (χ3v) is 6.21. The predicted molar refractivity (Wildman–Crippen MR) is 85.0 cm³/mol. The molecule has 2 aliphatic carbocycles. The highest BCUT2D eigenvalue weighted by molar-refractivity contribution is 8.13. The largest absolute Gasteiger partial charge is 0.426 e. The number of hydrogen-bond acceptors (Lipinski definition) is 5. The maximum Gasteiger partial charge on any atom is 0.333 e. The van der Waals surface area contributed by atoms with Crippen molar-refractivity contribution in [3.8, 4) is 0 Å². The van der Waals surface area contributed by atoms with E-state index in [0.717, 1.165) is 24.2 Å². The van der Waals surface area contributed by atoms with Crippen LogP contribution in [-0.2, 0) is 14.3 Å². The number of ether oxygens (including phenoxy) is 1. The molecule has 0 aromatic carbocycles. The second kappa shape index (κ2) is 5.24. The van der Waals surface area contributed by atoms with E-state index in [2.05, 4.69) is 19.9 Å². The Morgan fingerprint density at radius 1 is 1.50 bits per heavy atom. The minimum atomic E-state index is -1.45. The van der Waals surface area contributed by atoms with Gasteiger partial charge in [0.1, 0.15) is 0 Å². The lowest BCUT2D eigenvalue weighted by atomic mass is 9.56. The molecular weight excluding hydrogens is 300 g/mol. The molecule has 0 radical (unpaired) electrons. The quantitative estimate of drug-likeness (QED) is 0.625. The highest BCUT2D eigenvalue weighted by Gasteiger charge is 2.57. The van der Waals surface area contributed by atoms with Crippen LogP contribution >= 0.6 is 11.8 Å². The van der Waals surface area contributed by atoms with Crippen LogP contribution in [0.1, 0.15) is 40.0 Å². The number of rotatable bonds is 2. The van der Waals surface area contributed by atoms with Crippen molar-refractivity contribution in [3.05, 3.63) is 23.3 Å². The summed E-state index contributed by atoms with van der Waals surface area (Å²) in [4.78, 5) is 22.8. The first-order valence-electron chi connectivity index (χ1n) is 7.73. The van der Waals surface area contributed by atoms with E-state index < -0.39 is 11.8 Å². The van der Waals surface area contributed by atoms with Crippen LogP contribution in [0.2, 0.25) is 0 Å². The molecule has 1 fully saturated rings. The van der Waals surface area contributed by atoms with E-state index in [1.807, 2.05) is 0 Å². The maximum absolute atomic E-state index is 11.6. The Kier molecular flexibility index (Phi) is 3.76. The fourth-order valence-electron chi connectivity index (χ4n) is 4.31. The van der Waals surface area contributed by atoms with E-state index in [-0.39, 0.29) is 16.4 Å². The molecule has 0 spiro atoms. The van der Waals surface area contributed by atoms with E-state index in [1.165, 1.54) is 23.4 Å². The number of hydrogen-bond donors (Lipinski definition) is 1. The first kappa shape index (κ1) is 15.8. The van der Waals surface area contributed by atoms with E-state index in [1.54, 1.807) is 6.92 Å². The van der Waals surface area contributed by atoms with Crippen LogP contribution in [-0.4, -0.2) is 27.7 Å². The Hall–Kier alpha value is -1.07. The van der Waals surface area contributed by atoms with Crippen LogP contribution in [0.5, 0.6) is 0 Å². The average Bonchev–Trinajstić information content (AvgIpc) is 2.71. The molecule has 0 amide bonds. The lowest BCUT2D eigenvalue weighted by molar-refractivity contribution is -0.201. The number of carbonyl (C=O) groups is 2. The van der Waals surface area contributed by atoms with E-state index in [9.17, 15) is 14.7 Å². The van der Waals surface area contributed by atoms with Gasteiger partial charge in [0.15, 0.2) is 5.12 Å². The smallest absolute Gasteiger partial charge is 0.333 e. The van der Waals surface area contributed by atoms with Gasteiger partial charge in [0.05, 0.1) is 0 Å². The predicted octanol–water partition coefficient (Wildman–Crippen LogP) is 2.82. The number of carbonyl (C=O) groups excluding carboxylic acids is 2. The molecule has 3 rings (SSSR count). The van der Waals surface area contributed by atoms with Gasteiger partial charge in [-0.2, -0.15) is 0 Å². The molecular formula is C17H22O4S. The molecule has 3 aliphatic rings. The lowest BCUT2D eigenvalue weighted by Gasteiger charge is -2.51. The van der Waals surface area contributed by atoms with Crippen LogP contribution in [0.25, 0.3) is 0 Å². The fourth-order valence-corrected chi connectivity index (χ4v) is 4.94. The van der Waals surface area contributed by atoms with E-state index in [4.69, 9.17) is 4.74 Å². The molecule has 120 valence electrons. The number of esters is 1. The van der Waals surface area contributed by atoms with Crippen LogP contribution in [0.3, 0.4) is 0 Å². The third-order valence-electron chi connectivity index (χ3n) is 5.29. The summed E-state index contributed by atoms with van der Waals surface area (Å²) in [6.07, 6.45) is 6.09. The van der Waals surface area contributed by atoms with Gasteiger partial charge in [0.2, 0.25) is 5.79 Å². The molecule has 0 aromatic rings. The van der Waals surface area contributed by atoms with E-state index >= 15 is 0 Å². The Morgan fingerprint density at radius 3 is 2.91 bits per heavy atom. The molecule has 22 heavy (non-hydrogen) atoms. The Balaban J connectivity index is 1.87. The zero-order chi connectivity index (χ0) is 16.1. The Morgan fingerprint density at radius 2 is 2.23 bits per heavy atom. The lowest BCUT2D eigenvalue weighted by Crippen LogP contribution is -2.50. The van der Waals surface area contributed by atoms with Crippen molar-refractivity contribution in [2.45, 2.75) is 45.8 Å². The summed E-state index contributed by atoms with van der Waals surface area (Å²) in [5, 5.41) is 10.9. The van der Waals surface area contributed by atoms with Crippen LogP contribution in [0, 0.1) is 17.3 Å². The molecule has 0 aromatic heterocycles. The molecule has 0 bridgehead atoms. The minimum absolute atomic E-state index is 0.126. The van der Waals surface area contributed by atoms with Crippen LogP contribution < -0.4 is 0 Å². The molecule has 3 atom stereocenters. The van der Waals surface area contributed by atoms with Gasteiger partial charge in [-0.25, -0.2) is 4.79 Å². The zero-order valence-electron chi connectivity index (χ0n) is 13.2. The minimum Gasteiger partial charge on any atom is -0.426 e. The number of allylic oxidation sites excluding steroid dienone is 1. The van der Waals surface area contributed by atoms with E-state index in [0.29, 0.717) is 12.3 Å². The molecule has 1 N–H and O–H groups in total. The van der Waals surface area contributed by atoms with Gasteiger partial charge in [-0.15, -0.1) is 0 Å². The van der Waals surface area contributed by atoms with Crippen molar-refractivity contribution in [1.29, 1.82) is 0 Å². The molecule has 0 saturated heterocycles. The van der Waals surface area contributed by atoms with Gasteiger partial charge in [-0.05, 0) is 30.1 Å². The number of thioether (sulfide) groups is 1. The van der Waals surface area contributed by atoms with Crippen molar-refractivity contribution < 1.29 is 19.4 Å². The van der Waals surface area contributed by atoms with Gasteiger partial charge >= 0.3 is 5.97 Å². The van der Waals surface area contributed by atoms with Gasteiger partial charge in [-0.1, -0.05) is 37.3 Å². The van der Waals surface area contributed by atoms with Gasteiger partial charge in [0.25, 0.3) is 0 Å². The number of fused-ring (bicyclic) bond motifs is 2. The van der Waals surface area contributed by atoms with Gasteiger partial charge in [-0.3, -0.25) is 4.79 Å². The highest BCUT2D eigenvalue weighted by atomic mass is 32.2. The molecule has 1 saturated carbocycles. The topological polar surface area (TPSA) is 63.6 Å². The summed E-state index contributed by atoms with van der Waals surface area (Å²) < 4.78 is 5.21. The monoisotopic (exact) mass is 322 g/mol. The second-order valence-electron chi connectivity index (χ2n) is 7.10. The molecule has 1 aliphatic heterocycles. The first-order valence-corrected chi connectivity index (χ1v) is 8.72. The summed E-state index contributed by atoms with van der Waals surface area (Å²) in [6, 6.07) is 0. The van der Waals surface area contributed by atoms with Crippen LogP contribution in [0.15, 0.2) is 23.3 Å². The van der Waals surface area contributed by atoms with Crippen molar-refractivity contribution in [2.24, 2.45) is 17.3 Å². The highest BCUT2D eigenvalue weighted by Crippen LogP contribution is 2.57. The molecule has 2 unspecified atom stereocenters. The second-order valence-corrected chi connectivity index (χ2v) is 8.26. The van der Waals surface area contributed by atoms with Crippen molar-refractivity contribution in [2.75, 3.05) is 5.75 Å². The number of aliphatic hydroxyl groups is 1. The summed E-state index contributed by atoms with van der Waals surface area (Å²) >= 11 is 1.33. The van der Waals surface area contributed by atoms with Gasteiger partial charge in [0, 0.05) is 30.7 Å². The molecule has 4 nitrogen and oxygen atoms in total. The fraction of sp³-hybridized carbons (Fsp3) is 0.647. The standard InChI is InChI=1S/C17H22O4S/c1-10(18)22-9-11-4-5-13-12(6-11)8-17(20)14(16(13,2)3)7-15(19)21-17/h6-7,12-13,20H,4-5,8-9H2,1-3H3/t12?,13?,17-/m0/s1. The summed E-state index contributed by atoms with van der Waals surface area (Å²) in [7, 11) is 0. The Labute approximate surface area is 135 Å². The van der Waals surface area contributed by atoms with Crippen molar-refractivity contribution in [3.63, 3.8) is 0 Å². The first-order chi connectivity index (χ1) is 10.2. The average molecular weight is 322 g/mol. The third kappa shape index (κ3) is 2.54. The molecule has 5 heteroatoms. The Bertz CT molecular complexity index is 589. The van der Waals surface area contributed by atoms with Gasteiger partial charge < -0.3 is 9.84 Å². The normalized spacial score (nSPS) is 35.9. The summed E-state index contributed by atoms with van der Waals surface area (Å²) in [6.45, 7) is 5.76. The van der Waals surface area contributed by atoms with Crippen LogP contribution in [0.4, 0.5) is 0 Å². The summed E-state index contributed by atoms with van der Waals surface area (Å²) in [5.74, 6) is -0.603. The molecule has 1 heterocycles. The SMILES string of the molecule is CC(=O)SCC1=CC2C[C@]3(O)OC(=O)C=C3C(C)(C)C2CC1. The van der Waals surface area contributed by atoms with Crippen molar-refractivity contribution in [1.82, 2.24) is 0 Å². The van der Waals surface area contributed by atoms with Crippen molar-refractivity contribution >= 4 is 22.8 Å². The zero-order valence-corrected chi connectivity index (χ0v) is 14.0. The maximum atomic E-state index is 11.6.